The monoisotopic (exact) mass is 178 g/mol. The average molecular weight is 178 g/mol. The van der Waals surface area contributed by atoms with Gasteiger partial charge in [-0.3, -0.25) is 5.01 Å². The summed E-state index contributed by atoms with van der Waals surface area (Å²) in [6, 6.07) is 0. The second-order valence-corrected chi connectivity index (χ2v) is 3.75. The number of nitrogens with zero attached hydrogens (tertiary/aromatic N) is 4. The molecular weight excluding hydrogens is 164 g/mol. The van der Waals surface area contributed by atoms with Gasteiger partial charge >= 0.3 is 0 Å². The Bertz CT molecular complexity index is 290. The lowest BCUT2D eigenvalue weighted by Crippen LogP contribution is -2.37. The molecule has 0 aliphatic carbocycles. The van der Waals surface area contributed by atoms with Crippen molar-refractivity contribution in [2.24, 2.45) is 26.9 Å². The van der Waals surface area contributed by atoms with Gasteiger partial charge in [-0.25, -0.2) is 9.98 Å². The number of hydrogen-bond donors (Lipinski definition) is 0. The van der Waals surface area contributed by atoms with E-state index in [0.29, 0.717) is 5.92 Å². The van der Waals surface area contributed by atoms with Crippen molar-refractivity contribution in [1.29, 1.82) is 0 Å². The standard InChI is InChI=1S/C9H14N4/c1-6(2)8-7-4-12-13(3)9(7)11-5-10-8/h4-7,9H,1-3H3. The molecule has 2 aliphatic rings. The molecule has 0 amide bonds. The van der Waals surface area contributed by atoms with E-state index in [9.17, 15) is 0 Å². The third-order valence-corrected chi connectivity index (χ3v) is 2.47. The molecule has 0 radical (unpaired) electrons. The number of hydrogen-bond acceptors (Lipinski definition) is 4. The summed E-state index contributed by atoms with van der Waals surface area (Å²) in [6.07, 6.45) is 3.75. The van der Waals surface area contributed by atoms with E-state index in [0.717, 1.165) is 0 Å². The predicted octanol–water partition coefficient (Wildman–Crippen LogP) is 0.999. The molecule has 0 spiro atoms. The topological polar surface area (TPSA) is 40.3 Å². The highest BCUT2D eigenvalue weighted by Crippen LogP contribution is 2.23. The first-order valence-electron chi connectivity index (χ1n) is 4.56. The molecule has 0 aromatic rings. The summed E-state index contributed by atoms with van der Waals surface area (Å²) in [5.74, 6) is 0.757. The molecule has 4 nitrogen and oxygen atoms in total. The highest BCUT2D eigenvalue weighted by atomic mass is 15.5. The fourth-order valence-corrected chi connectivity index (χ4v) is 1.76. The maximum atomic E-state index is 4.31. The first-order valence-corrected chi connectivity index (χ1v) is 4.56. The van der Waals surface area contributed by atoms with Gasteiger partial charge in [-0.15, -0.1) is 0 Å². The first kappa shape index (κ1) is 8.41. The maximum absolute atomic E-state index is 4.31. The minimum atomic E-state index is 0.148. The van der Waals surface area contributed by atoms with Crippen molar-refractivity contribution in [3.8, 4) is 0 Å². The van der Waals surface area contributed by atoms with Crippen LogP contribution in [0.15, 0.2) is 15.1 Å². The van der Waals surface area contributed by atoms with Gasteiger partial charge in [0, 0.05) is 19.0 Å². The van der Waals surface area contributed by atoms with Crippen LogP contribution in [0.1, 0.15) is 13.8 Å². The minimum Gasteiger partial charge on any atom is -0.275 e. The van der Waals surface area contributed by atoms with Gasteiger partial charge in [0.15, 0.2) is 6.17 Å². The molecule has 0 aromatic carbocycles. The van der Waals surface area contributed by atoms with E-state index in [4.69, 9.17) is 0 Å². The zero-order chi connectivity index (χ0) is 9.42. The van der Waals surface area contributed by atoms with Crippen LogP contribution >= 0.6 is 0 Å². The van der Waals surface area contributed by atoms with E-state index in [2.05, 4.69) is 28.9 Å². The molecule has 2 heterocycles. The van der Waals surface area contributed by atoms with E-state index >= 15 is 0 Å². The first-order chi connectivity index (χ1) is 6.20. The van der Waals surface area contributed by atoms with Crippen molar-refractivity contribution in [1.82, 2.24) is 5.01 Å². The molecule has 2 rings (SSSR count). The van der Waals surface area contributed by atoms with E-state index in [1.807, 2.05) is 18.3 Å². The van der Waals surface area contributed by atoms with Crippen LogP contribution in [0.5, 0.6) is 0 Å². The van der Waals surface area contributed by atoms with E-state index in [1.54, 1.807) is 6.34 Å². The van der Waals surface area contributed by atoms with Crippen LogP contribution in [0.3, 0.4) is 0 Å². The van der Waals surface area contributed by atoms with Crippen LogP contribution < -0.4 is 0 Å². The van der Waals surface area contributed by atoms with Crippen molar-refractivity contribution < 1.29 is 0 Å². The third-order valence-electron chi connectivity index (χ3n) is 2.47. The van der Waals surface area contributed by atoms with Gasteiger partial charge in [0.05, 0.1) is 5.92 Å². The molecule has 0 saturated carbocycles. The lowest BCUT2D eigenvalue weighted by Gasteiger charge is -2.25. The molecular formula is C9H14N4. The molecule has 2 unspecified atom stereocenters. The summed E-state index contributed by atoms with van der Waals surface area (Å²) in [6.45, 7) is 4.31. The average Bonchev–Trinajstić information content (AvgIpc) is 2.48. The molecule has 0 fully saturated rings. The number of rotatable bonds is 1. The summed E-state index contributed by atoms with van der Waals surface area (Å²) >= 11 is 0. The van der Waals surface area contributed by atoms with E-state index in [-0.39, 0.29) is 12.1 Å². The van der Waals surface area contributed by atoms with Crippen LogP contribution in [-0.4, -0.2) is 36.5 Å². The lowest BCUT2D eigenvalue weighted by atomic mass is 9.92. The Balaban J connectivity index is 2.27. The van der Waals surface area contributed by atoms with Gasteiger partial charge in [-0.2, -0.15) is 5.10 Å². The van der Waals surface area contributed by atoms with Gasteiger partial charge in [-0.1, -0.05) is 13.8 Å². The molecule has 2 aliphatic heterocycles. The molecule has 2 atom stereocenters. The number of aliphatic imine (C=N–C) groups is 2. The van der Waals surface area contributed by atoms with Crippen molar-refractivity contribution in [3.05, 3.63) is 0 Å². The predicted molar refractivity (Wildman–Crippen MR) is 54.3 cm³/mol. The van der Waals surface area contributed by atoms with Gasteiger partial charge < -0.3 is 0 Å². The SMILES string of the molecule is CC(C)C1=NC=NC2C1C=NN2C. The highest BCUT2D eigenvalue weighted by Gasteiger charge is 2.34. The Hall–Kier alpha value is -1.19. The fraction of sp³-hybridized carbons (Fsp3) is 0.667. The highest BCUT2D eigenvalue weighted by molar-refractivity contribution is 6.05. The summed E-state index contributed by atoms with van der Waals surface area (Å²) in [4.78, 5) is 8.61. The summed E-state index contributed by atoms with van der Waals surface area (Å²) in [7, 11) is 1.95. The second-order valence-electron chi connectivity index (χ2n) is 3.75. The summed E-state index contributed by atoms with van der Waals surface area (Å²) in [5, 5.41) is 6.11. The Morgan fingerprint density at radius 3 is 2.92 bits per heavy atom. The largest absolute Gasteiger partial charge is 0.275 e. The van der Waals surface area contributed by atoms with Gasteiger partial charge in [0.1, 0.15) is 6.34 Å². The van der Waals surface area contributed by atoms with Crippen LogP contribution in [-0.2, 0) is 0 Å². The molecule has 0 saturated heterocycles. The second kappa shape index (κ2) is 2.94. The normalized spacial score (nSPS) is 31.1. The molecule has 4 heteroatoms. The van der Waals surface area contributed by atoms with E-state index < -0.39 is 0 Å². The zero-order valence-electron chi connectivity index (χ0n) is 8.18. The van der Waals surface area contributed by atoms with Gasteiger partial charge in [0.2, 0.25) is 0 Å². The van der Waals surface area contributed by atoms with Crippen LogP contribution in [0.2, 0.25) is 0 Å². The number of hydrazone groups is 1. The molecule has 0 aromatic heterocycles. The Kier molecular flexibility index (Phi) is 1.90. The number of fused-ring (bicyclic) bond motifs is 1. The minimum absolute atomic E-state index is 0.148. The van der Waals surface area contributed by atoms with Crippen LogP contribution in [0.4, 0.5) is 0 Å². The van der Waals surface area contributed by atoms with Crippen molar-refractivity contribution >= 4 is 18.3 Å². The fourth-order valence-electron chi connectivity index (χ4n) is 1.76. The van der Waals surface area contributed by atoms with Crippen molar-refractivity contribution in [3.63, 3.8) is 0 Å². The van der Waals surface area contributed by atoms with Gasteiger partial charge in [-0.05, 0) is 5.92 Å². The maximum Gasteiger partial charge on any atom is 0.151 e. The molecule has 70 valence electrons. The third kappa shape index (κ3) is 1.26. The zero-order valence-corrected chi connectivity index (χ0v) is 8.18. The Labute approximate surface area is 78.1 Å². The van der Waals surface area contributed by atoms with Crippen molar-refractivity contribution in [2.75, 3.05) is 7.05 Å². The quantitative estimate of drug-likeness (QED) is 0.590. The molecule has 0 N–H and O–H groups in total. The van der Waals surface area contributed by atoms with Crippen molar-refractivity contribution in [2.45, 2.75) is 20.0 Å². The van der Waals surface area contributed by atoms with Gasteiger partial charge in [0.25, 0.3) is 0 Å². The lowest BCUT2D eigenvalue weighted by molar-refractivity contribution is 0.273. The Morgan fingerprint density at radius 1 is 1.46 bits per heavy atom. The summed E-state index contributed by atoms with van der Waals surface area (Å²) < 4.78 is 0. The van der Waals surface area contributed by atoms with E-state index in [1.165, 1.54) is 5.71 Å². The molecule has 13 heavy (non-hydrogen) atoms. The smallest absolute Gasteiger partial charge is 0.151 e. The van der Waals surface area contributed by atoms with Crippen LogP contribution in [0, 0.1) is 11.8 Å². The summed E-state index contributed by atoms with van der Waals surface area (Å²) in [5.41, 5.74) is 1.19. The Morgan fingerprint density at radius 2 is 2.23 bits per heavy atom. The van der Waals surface area contributed by atoms with Crippen LogP contribution in [0.25, 0.3) is 0 Å². The molecule has 0 bridgehead atoms.